The Bertz CT molecular complexity index is 490. The first-order valence-electron chi connectivity index (χ1n) is 6.38. The maximum atomic E-state index is 13.7. The SMILES string of the molecule is O=C(O)C1(Nc2ccccc2F)CC2CCC1C2. The Labute approximate surface area is 105 Å². The number of hydrogen-bond acceptors (Lipinski definition) is 2. The van der Waals surface area contributed by atoms with Gasteiger partial charge in [0.1, 0.15) is 11.4 Å². The van der Waals surface area contributed by atoms with Crippen molar-refractivity contribution in [3.63, 3.8) is 0 Å². The van der Waals surface area contributed by atoms with E-state index in [1.807, 2.05) is 0 Å². The number of hydrogen-bond donors (Lipinski definition) is 2. The molecule has 96 valence electrons. The summed E-state index contributed by atoms with van der Waals surface area (Å²) in [5.41, 5.74) is -0.669. The molecule has 3 atom stereocenters. The molecule has 18 heavy (non-hydrogen) atoms. The van der Waals surface area contributed by atoms with E-state index in [1.165, 1.54) is 6.07 Å². The first kappa shape index (κ1) is 11.5. The summed E-state index contributed by atoms with van der Waals surface area (Å²) in [4.78, 5) is 11.6. The number of para-hydroxylation sites is 1. The second-order valence-electron chi connectivity index (χ2n) is 5.46. The van der Waals surface area contributed by atoms with Gasteiger partial charge in [0.15, 0.2) is 0 Å². The monoisotopic (exact) mass is 249 g/mol. The van der Waals surface area contributed by atoms with Gasteiger partial charge in [0.25, 0.3) is 0 Å². The molecule has 0 spiro atoms. The number of carboxylic acid groups (broad SMARTS) is 1. The first-order valence-corrected chi connectivity index (χ1v) is 6.38. The van der Waals surface area contributed by atoms with E-state index in [0.717, 1.165) is 19.3 Å². The molecule has 3 unspecified atom stereocenters. The van der Waals surface area contributed by atoms with Crippen LogP contribution in [-0.4, -0.2) is 16.6 Å². The summed E-state index contributed by atoms with van der Waals surface area (Å²) in [7, 11) is 0. The molecule has 2 saturated carbocycles. The minimum Gasteiger partial charge on any atom is -0.479 e. The highest BCUT2D eigenvalue weighted by Gasteiger charge is 2.56. The number of aliphatic carboxylic acids is 1. The van der Waals surface area contributed by atoms with E-state index >= 15 is 0 Å². The van der Waals surface area contributed by atoms with Gasteiger partial charge in [-0.2, -0.15) is 0 Å². The summed E-state index contributed by atoms with van der Waals surface area (Å²) >= 11 is 0. The predicted molar refractivity (Wildman–Crippen MR) is 65.8 cm³/mol. The van der Waals surface area contributed by atoms with Crippen LogP contribution in [0.4, 0.5) is 10.1 Å². The zero-order chi connectivity index (χ0) is 12.8. The van der Waals surface area contributed by atoms with Crippen molar-refractivity contribution in [2.75, 3.05) is 5.32 Å². The second kappa shape index (κ2) is 3.97. The Kier molecular flexibility index (Phi) is 2.54. The third kappa shape index (κ3) is 1.59. The lowest BCUT2D eigenvalue weighted by atomic mass is 9.80. The molecule has 2 bridgehead atoms. The summed E-state index contributed by atoms with van der Waals surface area (Å²) in [6.45, 7) is 0. The highest BCUT2D eigenvalue weighted by Crippen LogP contribution is 2.52. The maximum absolute atomic E-state index is 13.7. The Morgan fingerprint density at radius 1 is 1.39 bits per heavy atom. The van der Waals surface area contributed by atoms with Crippen molar-refractivity contribution in [3.05, 3.63) is 30.1 Å². The van der Waals surface area contributed by atoms with E-state index in [9.17, 15) is 14.3 Å². The third-order valence-corrected chi connectivity index (χ3v) is 4.46. The van der Waals surface area contributed by atoms with E-state index in [1.54, 1.807) is 18.2 Å². The molecule has 0 saturated heterocycles. The Hall–Kier alpha value is -1.58. The normalized spacial score (nSPS) is 33.6. The third-order valence-electron chi connectivity index (χ3n) is 4.46. The standard InChI is InChI=1S/C14H16FNO2/c15-11-3-1-2-4-12(11)16-14(13(17)18)8-9-5-6-10(14)7-9/h1-4,9-10,16H,5-8H2,(H,17,18). The van der Waals surface area contributed by atoms with Crippen LogP contribution in [0.25, 0.3) is 0 Å². The number of rotatable bonds is 3. The lowest BCUT2D eigenvalue weighted by Gasteiger charge is -2.35. The van der Waals surface area contributed by atoms with Gasteiger partial charge < -0.3 is 10.4 Å². The van der Waals surface area contributed by atoms with Gasteiger partial charge in [-0.1, -0.05) is 12.1 Å². The number of carbonyl (C=O) groups is 1. The Balaban J connectivity index is 1.93. The van der Waals surface area contributed by atoms with Crippen molar-refractivity contribution >= 4 is 11.7 Å². The minimum absolute atomic E-state index is 0.125. The molecule has 1 aromatic carbocycles. The molecular formula is C14H16FNO2. The molecular weight excluding hydrogens is 233 g/mol. The molecule has 0 heterocycles. The lowest BCUT2D eigenvalue weighted by Crippen LogP contribution is -2.50. The quantitative estimate of drug-likeness (QED) is 0.866. The molecule has 2 aliphatic rings. The van der Waals surface area contributed by atoms with Crippen LogP contribution in [0.2, 0.25) is 0 Å². The predicted octanol–water partition coefficient (Wildman–Crippen LogP) is 2.88. The fourth-order valence-electron chi connectivity index (χ4n) is 3.60. The van der Waals surface area contributed by atoms with Gasteiger partial charge >= 0.3 is 5.97 Å². The highest BCUT2D eigenvalue weighted by atomic mass is 19.1. The molecule has 3 rings (SSSR count). The van der Waals surface area contributed by atoms with Crippen molar-refractivity contribution in [3.8, 4) is 0 Å². The van der Waals surface area contributed by atoms with Crippen LogP contribution in [0.5, 0.6) is 0 Å². The van der Waals surface area contributed by atoms with Crippen molar-refractivity contribution in [2.45, 2.75) is 31.2 Å². The van der Waals surface area contributed by atoms with E-state index in [2.05, 4.69) is 5.32 Å². The fraction of sp³-hybridized carbons (Fsp3) is 0.500. The van der Waals surface area contributed by atoms with E-state index in [0.29, 0.717) is 18.0 Å². The van der Waals surface area contributed by atoms with Gasteiger partial charge in [-0.3, -0.25) is 0 Å². The van der Waals surface area contributed by atoms with Gasteiger partial charge in [0.2, 0.25) is 0 Å². The van der Waals surface area contributed by atoms with Gasteiger partial charge in [-0.25, -0.2) is 9.18 Å². The number of anilines is 1. The maximum Gasteiger partial charge on any atom is 0.329 e. The summed E-state index contributed by atoms with van der Waals surface area (Å²) < 4.78 is 13.7. The fourth-order valence-corrected chi connectivity index (χ4v) is 3.60. The molecule has 3 nitrogen and oxygen atoms in total. The average Bonchev–Trinajstić information content (AvgIpc) is 2.93. The molecule has 0 aliphatic heterocycles. The van der Waals surface area contributed by atoms with Crippen LogP contribution >= 0.6 is 0 Å². The Morgan fingerprint density at radius 2 is 2.17 bits per heavy atom. The van der Waals surface area contributed by atoms with Gasteiger partial charge in [-0.15, -0.1) is 0 Å². The molecule has 4 heteroatoms. The van der Waals surface area contributed by atoms with E-state index in [4.69, 9.17) is 0 Å². The molecule has 2 aliphatic carbocycles. The topological polar surface area (TPSA) is 49.3 Å². The smallest absolute Gasteiger partial charge is 0.329 e. The zero-order valence-corrected chi connectivity index (χ0v) is 10.0. The van der Waals surface area contributed by atoms with Crippen LogP contribution in [0.1, 0.15) is 25.7 Å². The summed E-state index contributed by atoms with van der Waals surface area (Å²) in [5, 5.41) is 12.5. The summed E-state index contributed by atoms with van der Waals surface area (Å²) in [6.07, 6.45) is 3.60. The van der Waals surface area contributed by atoms with Crippen LogP contribution in [-0.2, 0) is 4.79 Å². The van der Waals surface area contributed by atoms with Crippen LogP contribution in [0, 0.1) is 17.7 Å². The summed E-state index contributed by atoms with van der Waals surface area (Å²) in [6, 6.07) is 6.28. The largest absolute Gasteiger partial charge is 0.479 e. The molecule has 2 fully saturated rings. The zero-order valence-electron chi connectivity index (χ0n) is 10.0. The molecule has 2 N–H and O–H groups in total. The average molecular weight is 249 g/mol. The lowest BCUT2D eigenvalue weighted by molar-refractivity contribution is -0.144. The van der Waals surface area contributed by atoms with Crippen molar-refractivity contribution < 1.29 is 14.3 Å². The van der Waals surface area contributed by atoms with Crippen LogP contribution < -0.4 is 5.32 Å². The minimum atomic E-state index is -0.967. The number of benzene rings is 1. The van der Waals surface area contributed by atoms with E-state index in [-0.39, 0.29) is 11.7 Å². The molecule has 0 aromatic heterocycles. The molecule has 0 radical (unpaired) electrons. The number of nitrogens with one attached hydrogen (secondary N) is 1. The van der Waals surface area contributed by atoms with Crippen LogP contribution in [0.3, 0.4) is 0 Å². The van der Waals surface area contributed by atoms with E-state index < -0.39 is 11.5 Å². The van der Waals surface area contributed by atoms with Gasteiger partial charge in [0.05, 0.1) is 5.69 Å². The molecule has 0 amide bonds. The van der Waals surface area contributed by atoms with Gasteiger partial charge in [0, 0.05) is 0 Å². The van der Waals surface area contributed by atoms with Gasteiger partial charge in [-0.05, 0) is 49.7 Å². The second-order valence-corrected chi connectivity index (χ2v) is 5.46. The van der Waals surface area contributed by atoms with Crippen LogP contribution in [0.15, 0.2) is 24.3 Å². The number of carboxylic acids is 1. The summed E-state index contributed by atoms with van der Waals surface area (Å²) in [5.74, 6) is -0.635. The van der Waals surface area contributed by atoms with Crippen molar-refractivity contribution in [2.24, 2.45) is 11.8 Å². The number of fused-ring (bicyclic) bond motifs is 2. The molecule has 1 aromatic rings. The Morgan fingerprint density at radius 3 is 2.72 bits per heavy atom. The first-order chi connectivity index (χ1) is 8.62. The van der Waals surface area contributed by atoms with Crippen molar-refractivity contribution in [1.29, 1.82) is 0 Å². The number of halogens is 1. The van der Waals surface area contributed by atoms with Crippen molar-refractivity contribution in [1.82, 2.24) is 0 Å². The highest BCUT2D eigenvalue weighted by molar-refractivity contribution is 5.84.